The van der Waals surface area contributed by atoms with Crippen LogP contribution in [0.1, 0.15) is 38.5 Å². The molecule has 0 spiro atoms. The SMILES string of the molecule is O=C(CC1CCCCC1)N(c1ccc(Cl)cc1)C1C=CS(=O)(=O)C1. The third-order valence-electron chi connectivity index (χ3n) is 4.80. The van der Waals surface area contributed by atoms with Crippen LogP contribution in [0.25, 0.3) is 0 Å². The van der Waals surface area contributed by atoms with Gasteiger partial charge < -0.3 is 4.90 Å². The lowest BCUT2D eigenvalue weighted by molar-refractivity contribution is -0.120. The standard InChI is InChI=1S/C18H22ClNO3S/c19-15-6-8-16(9-7-15)20(17-10-11-24(22,23)13-17)18(21)12-14-4-2-1-3-5-14/h6-11,14,17H,1-5,12-13H2. The summed E-state index contributed by atoms with van der Waals surface area (Å²) in [5.74, 6) is 0.352. The van der Waals surface area contributed by atoms with E-state index in [4.69, 9.17) is 11.6 Å². The summed E-state index contributed by atoms with van der Waals surface area (Å²) in [5, 5.41) is 1.81. The molecule has 1 fully saturated rings. The van der Waals surface area contributed by atoms with Gasteiger partial charge in [0, 0.05) is 22.5 Å². The molecule has 4 nitrogen and oxygen atoms in total. The number of hydrogen-bond donors (Lipinski definition) is 0. The van der Waals surface area contributed by atoms with Gasteiger partial charge in [-0.1, -0.05) is 30.9 Å². The van der Waals surface area contributed by atoms with Crippen LogP contribution in [0.5, 0.6) is 0 Å². The minimum absolute atomic E-state index is 0.00373. The zero-order chi connectivity index (χ0) is 17.2. The molecule has 1 aromatic carbocycles. The van der Waals surface area contributed by atoms with Crippen LogP contribution < -0.4 is 4.90 Å². The number of rotatable bonds is 4. The third kappa shape index (κ3) is 4.19. The fourth-order valence-electron chi connectivity index (χ4n) is 3.58. The van der Waals surface area contributed by atoms with E-state index in [1.165, 1.54) is 24.7 Å². The Bertz CT molecular complexity index is 721. The number of hydrogen-bond acceptors (Lipinski definition) is 3. The average molecular weight is 368 g/mol. The molecule has 0 radical (unpaired) electrons. The van der Waals surface area contributed by atoms with Gasteiger partial charge in [0.25, 0.3) is 0 Å². The van der Waals surface area contributed by atoms with Crippen LogP contribution in [0.2, 0.25) is 5.02 Å². The Morgan fingerprint density at radius 3 is 2.38 bits per heavy atom. The summed E-state index contributed by atoms with van der Waals surface area (Å²) in [6.07, 6.45) is 7.86. The fourth-order valence-corrected chi connectivity index (χ4v) is 4.97. The summed E-state index contributed by atoms with van der Waals surface area (Å²) in [6, 6.07) is 6.57. The lowest BCUT2D eigenvalue weighted by Gasteiger charge is -2.30. The molecule has 0 N–H and O–H groups in total. The summed E-state index contributed by atoms with van der Waals surface area (Å²) < 4.78 is 23.6. The molecule has 1 unspecified atom stereocenters. The molecule has 130 valence electrons. The maximum Gasteiger partial charge on any atom is 0.227 e. The number of nitrogens with zero attached hydrogens (tertiary/aromatic N) is 1. The van der Waals surface area contributed by atoms with Crippen molar-refractivity contribution in [2.45, 2.75) is 44.6 Å². The van der Waals surface area contributed by atoms with Crippen LogP contribution in [-0.2, 0) is 14.6 Å². The van der Waals surface area contributed by atoms with Crippen LogP contribution in [0.4, 0.5) is 5.69 Å². The molecule has 1 aromatic rings. The molecule has 1 atom stereocenters. The van der Waals surface area contributed by atoms with Crippen molar-refractivity contribution < 1.29 is 13.2 Å². The molecule has 1 aliphatic heterocycles. The normalized spacial score (nSPS) is 23.3. The first-order chi connectivity index (χ1) is 11.4. The molecule has 1 aliphatic carbocycles. The van der Waals surface area contributed by atoms with E-state index in [1.807, 2.05) is 0 Å². The monoisotopic (exact) mass is 367 g/mol. The zero-order valence-corrected chi connectivity index (χ0v) is 15.1. The van der Waals surface area contributed by atoms with Gasteiger partial charge in [-0.2, -0.15) is 0 Å². The van der Waals surface area contributed by atoms with Crippen LogP contribution in [-0.4, -0.2) is 26.1 Å². The van der Waals surface area contributed by atoms with Crippen LogP contribution in [0.3, 0.4) is 0 Å². The van der Waals surface area contributed by atoms with Crippen LogP contribution >= 0.6 is 11.6 Å². The Kier molecular flexibility index (Phi) is 5.30. The Morgan fingerprint density at radius 2 is 1.79 bits per heavy atom. The quantitative estimate of drug-likeness (QED) is 0.809. The Hall–Kier alpha value is -1.33. The second-order valence-electron chi connectivity index (χ2n) is 6.67. The zero-order valence-electron chi connectivity index (χ0n) is 13.5. The van der Waals surface area contributed by atoms with Crippen molar-refractivity contribution in [2.75, 3.05) is 10.7 Å². The van der Waals surface area contributed by atoms with Crippen molar-refractivity contribution in [2.24, 2.45) is 5.92 Å². The maximum absolute atomic E-state index is 13.0. The highest BCUT2D eigenvalue weighted by Gasteiger charge is 2.32. The first kappa shape index (κ1) is 17.5. The van der Waals surface area contributed by atoms with Crippen molar-refractivity contribution in [1.82, 2.24) is 0 Å². The maximum atomic E-state index is 13.0. The highest BCUT2D eigenvalue weighted by Crippen LogP contribution is 2.30. The van der Waals surface area contributed by atoms with Gasteiger partial charge in [0.2, 0.25) is 5.91 Å². The molecule has 3 rings (SSSR count). The molecule has 1 heterocycles. The molecular formula is C18H22ClNO3S. The smallest absolute Gasteiger partial charge is 0.227 e. The number of sulfone groups is 1. The summed E-state index contributed by atoms with van der Waals surface area (Å²) in [4.78, 5) is 14.6. The van der Waals surface area contributed by atoms with E-state index in [9.17, 15) is 13.2 Å². The number of benzene rings is 1. The van der Waals surface area contributed by atoms with E-state index >= 15 is 0 Å². The molecule has 6 heteroatoms. The summed E-state index contributed by atoms with van der Waals surface area (Å²) in [5.41, 5.74) is 0.701. The van der Waals surface area contributed by atoms with Crippen LogP contribution in [0, 0.1) is 5.92 Å². The number of amides is 1. The van der Waals surface area contributed by atoms with Gasteiger partial charge in [-0.05, 0) is 49.1 Å². The first-order valence-electron chi connectivity index (χ1n) is 8.43. The first-order valence-corrected chi connectivity index (χ1v) is 10.5. The Balaban J connectivity index is 1.82. The Labute approximate surface area is 148 Å². The number of carbonyl (C=O) groups excluding carboxylic acids is 1. The summed E-state index contributed by atoms with van der Waals surface area (Å²) in [7, 11) is -3.22. The fraction of sp³-hybridized carbons (Fsp3) is 0.500. The molecule has 2 aliphatic rings. The van der Waals surface area contributed by atoms with E-state index in [1.54, 1.807) is 35.2 Å². The van der Waals surface area contributed by atoms with E-state index < -0.39 is 15.9 Å². The number of carbonyl (C=O) groups is 1. The van der Waals surface area contributed by atoms with E-state index in [0.717, 1.165) is 12.8 Å². The van der Waals surface area contributed by atoms with Crippen molar-refractivity contribution in [1.29, 1.82) is 0 Å². The average Bonchev–Trinajstić information content (AvgIpc) is 2.90. The van der Waals surface area contributed by atoms with E-state index in [0.29, 0.717) is 23.0 Å². The van der Waals surface area contributed by atoms with Gasteiger partial charge in [0.05, 0.1) is 11.8 Å². The lowest BCUT2D eigenvalue weighted by Crippen LogP contribution is -2.42. The molecule has 1 amide bonds. The van der Waals surface area contributed by atoms with E-state index in [2.05, 4.69) is 0 Å². The minimum atomic E-state index is -3.22. The number of anilines is 1. The summed E-state index contributed by atoms with van der Waals surface area (Å²) in [6.45, 7) is 0. The highest BCUT2D eigenvalue weighted by atomic mass is 35.5. The molecule has 0 bridgehead atoms. The highest BCUT2D eigenvalue weighted by molar-refractivity contribution is 7.94. The largest absolute Gasteiger partial charge is 0.304 e. The van der Waals surface area contributed by atoms with Gasteiger partial charge in [-0.25, -0.2) is 8.42 Å². The van der Waals surface area contributed by atoms with Crippen molar-refractivity contribution in [3.8, 4) is 0 Å². The van der Waals surface area contributed by atoms with Crippen molar-refractivity contribution in [3.63, 3.8) is 0 Å². The van der Waals surface area contributed by atoms with Crippen LogP contribution in [0.15, 0.2) is 35.7 Å². The van der Waals surface area contributed by atoms with Gasteiger partial charge in [0.15, 0.2) is 9.84 Å². The number of halogens is 1. The van der Waals surface area contributed by atoms with Gasteiger partial charge in [0.1, 0.15) is 0 Å². The predicted molar refractivity (Wildman–Crippen MR) is 96.8 cm³/mol. The molecule has 24 heavy (non-hydrogen) atoms. The molecule has 0 aromatic heterocycles. The third-order valence-corrected chi connectivity index (χ3v) is 6.43. The van der Waals surface area contributed by atoms with Gasteiger partial charge in [-0.15, -0.1) is 0 Å². The molecule has 1 saturated carbocycles. The second-order valence-corrected chi connectivity index (χ2v) is 9.04. The predicted octanol–water partition coefficient (Wildman–Crippen LogP) is 3.95. The van der Waals surface area contributed by atoms with Crippen molar-refractivity contribution >= 4 is 33.0 Å². The topological polar surface area (TPSA) is 54.5 Å². The van der Waals surface area contributed by atoms with Gasteiger partial charge >= 0.3 is 0 Å². The molecular weight excluding hydrogens is 346 g/mol. The minimum Gasteiger partial charge on any atom is -0.304 e. The lowest BCUT2D eigenvalue weighted by atomic mass is 9.86. The van der Waals surface area contributed by atoms with Gasteiger partial charge in [-0.3, -0.25) is 4.79 Å². The summed E-state index contributed by atoms with van der Waals surface area (Å²) >= 11 is 5.94. The molecule has 0 saturated heterocycles. The second kappa shape index (κ2) is 7.28. The van der Waals surface area contributed by atoms with Crippen molar-refractivity contribution in [3.05, 3.63) is 40.8 Å². The Morgan fingerprint density at radius 1 is 1.12 bits per heavy atom. The van der Waals surface area contributed by atoms with E-state index in [-0.39, 0.29) is 11.7 Å².